The van der Waals surface area contributed by atoms with E-state index in [1.807, 2.05) is 30.1 Å². The van der Waals surface area contributed by atoms with Crippen LogP contribution < -0.4 is 4.90 Å². The number of hydrogen-bond donors (Lipinski definition) is 0. The van der Waals surface area contributed by atoms with Crippen LogP contribution in [0.1, 0.15) is 18.4 Å². The molecule has 5 heteroatoms. The maximum atomic E-state index is 12.2. The molecule has 2 rings (SSSR count). The van der Waals surface area contributed by atoms with Gasteiger partial charge in [-0.05, 0) is 30.2 Å². The molecule has 0 bridgehead atoms. The number of carbonyl (C=O) groups is 2. The molecule has 0 saturated carbocycles. The van der Waals surface area contributed by atoms with Crippen molar-refractivity contribution in [2.75, 3.05) is 19.1 Å². The standard InChI is InChI=1S/C14H16BrNO3/c1-16-11-4-3-10(15)7-9(11)8-13(17)12(16)5-6-14(18)19-2/h3-4,7,12H,5-6,8H2,1-2H3/t12-/m0/s1. The second-order valence-electron chi connectivity index (χ2n) is 4.66. The number of nitrogens with zero attached hydrogens (tertiary/aromatic N) is 1. The molecule has 1 aromatic rings. The van der Waals surface area contributed by atoms with Crippen LogP contribution >= 0.6 is 15.9 Å². The molecule has 0 aliphatic carbocycles. The zero-order valence-electron chi connectivity index (χ0n) is 11.0. The van der Waals surface area contributed by atoms with Crippen molar-refractivity contribution in [2.24, 2.45) is 0 Å². The van der Waals surface area contributed by atoms with Crippen molar-refractivity contribution in [2.45, 2.75) is 25.3 Å². The number of ketones is 1. The lowest BCUT2D eigenvalue weighted by atomic mass is 9.92. The smallest absolute Gasteiger partial charge is 0.305 e. The van der Waals surface area contributed by atoms with Crippen LogP contribution in [0.4, 0.5) is 5.69 Å². The Labute approximate surface area is 120 Å². The van der Waals surface area contributed by atoms with Gasteiger partial charge < -0.3 is 9.64 Å². The lowest BCUT2D eigenvalue weighted by molar-refractivity contribution is -0.140. The van der Waals surface area contributed by atoms with Crippen LogP contribution in [0.5, 0.6) is 0 Å². The molecule has 0 N–H and O–H groups in total. The van der Waals surface area contributed by atoms with Crippen molar-refractivity contribution in [3.05, 3.63) is 28.2 Å². The number of ether oxygens (including phenoxy) is 1. The minimum atomic E-state index is -0.275. The van der Waals surface area contributed by atoms with Gasteiger partial charge in [0.2, 0.25) is 0 Å². The molecule has 0 saturated heterocycles. The van der Waals surface area contributed by atoms with Crippen LogP contribution in [0, 0.1) is 0 Å². The number of carbonyl (C=O) groups excluding carboxylic acids is 2. The molecular formula is C14H16BrNO3. The van der Waals surface area contributed by atoms with E-state index in [-0.39, 0.29) is 24.2 Å². The molecule has 0 amide bonds. The molecule has 0 radical (unpaired) electrons. The molecule has 0 fully saturated rings. The average molecular weight is 326 g/mol. The number of likely N-dealkylation sites (N-methyl/N-ethyl adjacent to an activating group) is 1. The van der Waals surface area contributed by atoms with Crippen LogP contribution in [0.25, 0.3) is 0 Å². The quantitative estimate of drug-likeness (QED) is 0.800. The van der Waals surface area contributed by atoms with E-state index in [0.29, 0.717) is 12.8 Å². The van der Waals surface area contributed by atoms with Gasteiger partial charge in [-0.15, -0.1) is 0 Å². The largest absolute Gasteiger partial charge is 0.469 e. The van der Waals surface area contributed by atoms with Crippen LogP contribution in [0.15, 0.2) is 22.7 Å². The molecule has 1 heterocycles. The third-order valence-corrected chi connectivity index (χ3v) is 3.97. The highest BCUT2D eigenvalue weighted by Crippen LogP contribution is 2.31. The molecule has 0 spiro atoms. The van der Waals surface area contributed by atoms with E-state index in [9.17, 15) is 9.59 Å². The lowest BCUT2D eigenvalue weighted by Gasteiger charge is -2.34. The molecule has 19 heavy (non-hydrogen) atoms. The van der Waals surface area contributed by atoms with Crippen molar-refractivity contribution in [3.8, 4) is 0 Å². The Hall–Kier alpha value is -1.36. The fraction of sp³-hybridized carbons (Fsp3) is 0.429. The van der Waals surface area contributed by atoms with Gasteiger partial charge in [-0.3, -0.25) is 9.59 Å². The third kappa shape index (κ3) is 2.97. The summed E-state index contributed by atoms with van der Waals surface area (Å²) in [4.78, 5) is 25.3. The molecule has 0 aromatic heterocycles. The highest BCUT2D eigenvalue weighted by atomic mass is 79.9. The number of esters is 1. The summed E-state index contributed by atoms with van der Waals surface area (Å²) in [5.74, 6) is -0.125. The summed E-state index contributed by atoms with van der Waals surface area (Å²) in [6, 6.07) is 5.69. The average Bonchev–Trinajstić information content (AvgIpc) is 2.37. The summed E-state index contributed by atoms with van der Waals surface area (Å²) in [6.07, 6.45) is 1.19. The predicted octanol–water partition coefficient (Wildman–Crippen LogP) is 2.33. The molecule has 0 unspecified atom stereocenters. The number of benzene rings is 1. The van der Waals surface area contributed by atoms with Crippen molar-refractivity contribution in [1.29, 1.82) is 0 Å². The minimum Gasteiger partial charge on any atom is -0.469 e. The van der Waals surface area contributed by atoms with Crippen LogP contribution in [-0.2, 0) is 20.7 Å². The highest BCUT2D eigenvalue weighted by Gasteiger charge is 2.30. The number of Topliss-reactive ketones (excluding diaryl/α,β-unsaturated/α-hetero) is 1. The summed E-state index contributed by atoms with van der Waals surface area (Å²) in [6.45, 7) is 0. The Morgan fingerprint density at radius 2 is 2.26 bits per heavy atom. The number of methoxy groups -OCH3 is 1. The van der Waals surface area contributed by atoms with E-state index >= 15 is 0 Å². The maximum Gasteiger partial charge on any atom is 0.305 e. The van der Waals surface area contributed by atoms with Gasteiger partial charge in [0.05, 0.1) is 13.2 Å². The van der Waals surface area contributed by atoms with Gasteiger partial charge in [0.1, 0.15) is 0 Å². The van der Waals surface area contributed by atoms with Gasteiger partial charge in [-0.25, -0.2) is 0 Å². The van der Waals surface area contributed by atoms with E-state index < -0.39 is 0 Å². The molecule has 1 aliphatic heterocycles. The Morgan fingerprint density at radius 3 is 2.95 bits per heavy atom. The predicted molar refractivity (Wildman–Crippen MR) is 76.3 cm³/mol. The number of fused-ring (bicyclic) bond motifs is 1. The zero-order chi connectivity index (χ0) is 14.0. The molecule has 4 nitrogen and oxygen atoms in total. The van der Waals surface area contributed by atoms with Gasteiger partial charge in [-0.2, -0.15) is 0 Å². The van der Waals surface area contributed by atoms with E-state index in [2.05, 4.69) is 20.7 Å². The summed E-state index contributed by atoms with van der Waals surface area (Å²) in [7, 11) is 3.26. The van der Waals surface area contributed by atoms with Crippen LogP contribution in [0.3, 0.4) is 0 Å². The molecule has 1 aliphatic rings. The second kappa shape index (κ2) is 5.74. The number of halogens is 1. The van der Waals surface area contributed by atoms with E-state index in [0.717, 1.165) is 15.7 Å². The van der Waals surface area contributed by atoms with Gasteiger partial charge >= 0.3 is 5.97 Å². The lowest BCUT2D eigenvalue weighted by Crippen LogP contribution is -2.43. The first-order valence-corrected chi connectivity index (χ1v) is 6.93. The molecular weight excluding hydrogens is 310 g/mol. The summed E-state index contributed by atoms with van der Waals surface area (Å²) >= 11 is 3.41. The van der Waals surface area contributed by atoms with Gasteiger partial charge in [0.25, 0.3) is 0 Å². The van der Waals surface area contributed by atoms with E-state index in [1.165, 1.54) is 7.11 Å². The first-order valence-electron chi connectivity index (χ1n) is 6.13. The van der Waals surface area contributed by atoms with Crippen LogP contribution in [-0.4, -0.2) is 32.0 Å². The van der Waals surface area contributed by atoms with Crippen LogP contribution in [0.2, 0.25) is 0 Å². The normalized spacial score (nSPS) is 18.2. The monoisotopic (exact) mass is 325 g/mol. The van der Waals surface area contributed by atoms with Crippen molar-refractivity contribution in [3.63, 3.8) is 0 Å². The Kier molecular flexibility index (Phi) is 4.24. The first kappa shape index (κ1) is 14.1. The Bertz CT molecular complexity index is 515. The van der Waals surface area contributed by atoms with E-state index in [1.54, 1.807) is 0 Å². The van der Waals surface area contributed by atoms with Crippen molar-refractivity contribution >= 4 is 33.4 Å². The third-order valence-electron chi connectivity index (χ3n) is 3.47. The fourth-order valence-electron chi connectivity index (χ4n) is 2.44. The second-order valence-corrected chi connectivity index (χ2v) is 5.57. The topological polar surface area (TPSA) is 46.6 Å². The summed E-state index contributed by atoms with van der Waals surface area (Å²) in [5, 5.41) is 0. The number of rotatable bonds is 3. The van der Waals surface area contributed by atoms with Gasteiger partial charge in [-0.1, -0.05) is 15.9 Å². The van der Waals surface area contributed by atoms with E-state index in [4.69, 9.17) is 0 Å². The SMILES string of the molecule is COC(=O)CC[C@H]1C(=O)Cc2cc(Br)ccc2N1C. The Morgan fingerprint density at radius 1 is 1.53 bits per heavy atom. The van der Waals surface area contributed by atoms with Gasteiger partial charge in [0.15, 0.2) is 5.78 Å². The van der Waals surface area contributed by atoms with Crippen molar-refractivity contribution < 1.29 is 14.3 Å². The summed E-state index contributed by atoms with van der Waals surface area (Å²) < 4.78 is 5.59. The number of hydrogen-bond acceptors (Lipinski definition) is 4. The number of anilines is 1. The van der Waals surface area contributed by atoms with Crippen molar-refractivity contribution in [1.82, 2.24) is 0 Å². The Balaban J connectivity index is 2.18. The summed E-state index contributed by atoms with van der Waals surface area (Å²) in [5.41, 5.74) is 2.08. The minimum absolute atomic E-state index is 0.150. The highest BCUT2D eigenvalue weighted by molar-refractivity contribution is 9.10. The fourth-order valence-corrected chi connectivity index (χ4v) is 2.85. The molecule has 102 valence electrons. The molecule has 1 atom stereocenters. The first-order chi connectivity index (χ1) is 9.02. The maximum absolute atomic E-state index is 12.2. The molecule has 1 aromatic carbocycles. The van der Waals surface area contributed by atoms with Gasteiger partial charge in [0, 0.05) is 30.0 Å². The zero-order valence-corrected chi connectivity index (χ0v) is 12.6.